The van der Waals surface area contributed by atoms with Crippen molar-refractivity contribution >= 4 is 21.6 Å². The highest BCUT2D eigenvalue weighted by atomic mass is 32.2. The summed E-state index contributed by atoms with van der Waals surface area (Å²) in [6.45, 7) is 3.59. The molecule has 1 amide bonds. The van der Waals surface area contributed by atoms with Crippen molar-refractivity contribution in [1.29, 1.82) is 0 Å². The molecular formula is C14H18N2O3S. The molecule has 108 valence electrons. The van der Waals surface area contributed by atoms with Crippen molar-refractivity contribution in [3.8, 4) is 0 Å². The Hall–Kier alpha value is -1.40. The molecule has 1 N–H and O–H groups in total. The van der Waals surface area contributed by atoms with E-state index in [0.717, 1.165) is 9.87 Å². The number of nitrogens with one attached hydrogen (secondary N) is 1. The van der Waals surface area contributed by atoms with E-state index in [2.05, 4.69) is 5.32 Å². The van der Waals surface area contributed by atoms with E-state index in [0.29, 0.717) is 18.3 Å². The summed E-state index contributed by atoms with van der Waals surface area (Å²) >= 11 is 0. The van der Waals surface area contributed by atoms with Crippen molar-refractivity contribution in [2.24, 2.45) is 0 Å². The zero-order chi connectivity index (χ0) is 14.5. The monoisotopic (exact) mass is 294 g/mol. The lowest BCUT2D eigenvalue weighted by atomic mass is 10.1. The van der Waals surface area contributed by atoms with Gasteiger partial charge in [0.2, 0.25) is 0 Å². The third-order valence-electron chi connectivity index (χ3n) is 3.90. The van der Waals surface area contributed by atoms with Crippen molar-refractivity contribution in [2.45, 2.75) is 44.0 Å². The van der Waals surface area contributed by atoms with Crippen LogP contribution in [0.5, 0.6) is 0 Å². The quantitative estimate of drug-likeness (QED) is 0.911. The lowest BCUT2D eigenvalue weighted by Crippen LogP contribution is -2.67. The molecule has 0 unspecified atom stereocenters. The van der Waals surface area contributed by atoms with Crippen molar-refractivity contribution in [1.82, 2.24) is 5.32 Å². The largest absolute Gasteiger partial charge is 0.310 e. The van der Waals surface area contributed by atoms with E-state index in [4.69, 9.17) is 0 Å². The Kier molecular flexibility index (Phi) is 2.92. The van der Waals surface area contributed by atoms with Gasteiger partial charge in [-0.05, 0) is 44.4 Å². The number of carbonyl (C=O) groups excluding carboxylic acids is 1. The van der Waals surface area contributed by atoms with Crippen LogP contribution in [-0.2, 0) is 21.4 Å². The molecule has 1 saturated heterocycles. The van der Waals surface area contributed by atoms with Crippen molar-refractivity contribution in [2.75, 3.05) is 4.31 Å². The summed E-state index contributed by atoms with van der Waals surface area (Å²) < 4.78 is 23.9. The van der Waals surface area contributed by atoms with Crippen LogP contribution in [0.25, 0.3) is 0 Å². The Labute approximate surface area is 119 Å². The Morgan fingerprint density at radius 2 is 2.05 bits per heavy atom. The summed E-state index contributed by atoms with van der Waals surface area (Å²) in [5.74, 6) is -0.371. The van der Waals surface area contributed by atoms with E-state index in [9.17, 15) is 13.2 Å². The van der Waals surface area contributed by atoms with Crippen LogP contribution in [0.4, 0.5) is 5.69 Å². The molecule has 1 heterocycles. The maximum absolute atomic E-state index is 12.2. The smallest absolute Gasteiger partial charge is 0.263 e. The number of amides is 1. The average Bonchev–Trinajstić information content (AvgIpc) is 3.20. The van der Waals surface area contributed by atoms with Gasteiger partial charge >= 0.3 is 0 Å². The normalized spacial score (nSPS) is 23.5. The van der Waals surface area contributed by atoms with Gasteiger partial charge in [-0.3, -0.25) is 4.79 Å². The van der Waals surface area contributed by atoms with E-state index >= 15 is 0 Å². The molecule has 3 rings (SSSR count). The minimum Gasteiger partial charge on any atom is -0.310 e. The van der Waals surface area contributed by atoms with Gasteiger partial charge in [0, 0.05) is 12.6 Å². The molecule has 0 atom stereocenters. The third kappa shape index (κ3) is 1.94. The van der Waals surface area contributed by atoms with Crippen LogP contribution in [0.2, 0.25) is 0 Å². The first-order valence-corrected chi connectivity index (χ1v) is 8.20. The molecule has 2 fully saturated rings. The number of rotatable bonds is 4. The molecule has 20 heavy (non-hydrogen) atoms. The minimum absolute atomic E-state index is 0.371. The molecule has 0 bridgehead atoms. The van der Waals surface area contributed by atoms with Crippen LogP contribution in [0.15, 0.2) is 24.3 Å². The highest BCUT2D eigenvalue weighted by Crippen LogP contribution is 2.39. The predicted octanol–water partition coefficient (Wildman–Crippen LogP) is 1.39. The summed E-state index contributed by atoms with van der Waals surface area (Å²) in [6.07, 6.45) is 2.40. The molecular weight excluding hydrogens is 276 g/mol. The third-order valence-corrected chi connectivity index (χ3v) is 6.22. The first-order chi connectivity index (χ1) is 9.34. The molecule has 1 saturated carbocycles. The maximum atomic E-state index is 12.2. The highest BCUT2D eigenvalue weighted by Gasteiger charge is 2.60. The predicted molar refractivity (Wildman–Crippen MR) is 76.8 cm³/mol. The molecule has 0 radical (unpaired) electrons. The van der Waals surface area contributed by atoms with Crippen LogP contribution in [-0.4, -0.2) is 25.1 Å². The van der Waals surface area contributed by atoms with Gasteiger partial charge in [0.25, 0.3) is 15.9 Å². The zero-order valence-electron chi connectivity index (χ0n) is 11.6. The van der Waals surface area contributed by atoms with Crippen LogP contribution in [0.1, 0.15) is 32.3 Å². The van der Waals surface area contributed by atoms with Crippen molar-refractivity contribution in [3.05, 3.63) is 29.8 Å². The second-order valence-electron chi connectivity index (χ2n) is 5.91. The minimum atomic E-state index is -3.58. The Morgan fingerprint density at radius 3 is 2.65 bits per heavy atom. The molecule has 2 aliphatic rings. The van der Waals surface area contributed by atoms with Gasteiger partial charge in [-0.1, -0.05) is 12.1 Å². The molecule has 6 heteroatoms. The standard InChI is InChI=1S/C14H18N2O3S/c1-14(2)13(17)16(20(14,18)19)12-5-3-4-10(8-12)9-15-11-6-7-11/h3-5,8,11,15H,6-7,9H2,1-2H3. The molecule has 1 aromatic rings. The van der Waals surface area contributed by atoms with Crippen LogP contribution in [0.3, 0.4) is 0 Å². The van der Waals surface area contributed by atoms with E-state index in [1.165, 1.54) is 26.7 Å². The fourth-order valence-corrected chi connectivity index (χ4v) is 3.73. The SMILES string of the molecule is CC1(C)C(=O)N(c2cccc(CNC3CC3)c2)S1(=O)=O. The summed E-state index contributed by atoms with van der Waals surface area (Å²) in [6, 6.07) is 7.73. The summed E-state index contributed by atoms with van der Waals surface area (Å²) in [7, 11) is -3.58. The molecule has 5 nitrogen and oxygen atoms in total. The fraction of sp³-hybridized carbons (Fsp3) is 0.500. The average molecular weight is 294 g/mol. The second kappa shape index (κ2) is 4.30. The lowest BCUT2D eigenvalue weighted by Gasteiger charge is -2.42. The Bertz CT molecular complexity index is 663. The van der Waals surface area contributed by atoms with E-state index in [-0.39, 0.29) is 5.91 Å². The molecule has 1 aromatic carbocycles. The van der Waals surface area contributed by atoms with E-state index in [1.54, 1.807) is 18.2 Å². The van der Waals surface area contributed by atoms with E-state index < -0.39 is 14.8 Å². The van der Waals surface area contributed by atoms with E-state index in [1.807, 2.05) is 6.07 Å². The van der Waals surface area contributed by atoms with Gasteiger partial charge in [-0.25, -0.2) is 12.7 Å². The van der Waals surface area contributed by atoms with Gasteiger partial charge in [-0.2, -0.15) is 0 Å². The van der Waals surface area contributed by atoms with Crippen molar-refractivity contribution in [3.63, 3.8) is 0 Å². The number of sulfonamides is 1. The summed E-state index contributed by atoms with van der Waals surface area (Å²) in [5, 5.41) is 3.37. The fourth-order valence-electron chi connectivity index (χ4n) is 2.25. The number of nitrogens with zero attached hydrogens (tertiary/aromatic N) is 1. The number of anilines is 1. The van der Waals surface area contributed by atoms with Gasteiger partial charge in [0.1, 0.15) is 0 Å². The number of benzene rings is 1. The van der Waals surface area contributed by atoms with Gasteiger partial charge in [0.15, 0.2) is 4.75 Å². The second-order valence-corrected chi connectivity index (χ2v) is 8.25. The lowest BCUT2D eigenvalue weighted by molar-refractivity contribution is -0.120. The topological polar surface area (TPSA) is 66.5 Å². The molecule has 1 aliphatic heterocycles. The first kappa shape index (κ1) is 13.6. The highest BCUT2D eigenvalue weighted by molar-refractivity contribution is 7.98. The molecule has 0 spiro atoms. The number of hydrogen-bond donors (Lipinski definition) is 1. The molecule has 1 aliphatic carbocycles. The summed E-state index contributed by atoms with van der Waals surface area (Å²) in [5.41, 5.74) is 1.42. The van der Waals surface area contributed by atoms with Crippen LogP contribution < -0.4 is 9.62 Å². The Balaban J connectivity index is 1.84. The number of hydrogen-bond acceptors (Lipinski definition) is 4. The van der Waals surface area contributed by atoms with Gasteiger partial charge < -0.3 is 5.32 Å². The first-order valence-electron chi connectivity index (χ1n) is 6.76. The van der Waals surface area contributed by atoms with Crippen LogP contribution >= 0.6 is 0 Å². The summed E-state index contributed by atoms with van der Waals surface area (Å²) in [4.78, 5) is 12.0. The number of carbonyl (C=O) groups is 1. The van der Waals surface area contributed by atoms with Crippen LogP contribution in [0, 0.1) is 0 Å². The van der Waals surface area contributed by atoms with Gasteiger partial charge in [0.05, 0.1) is 5.69 Å². The molecule has 0 aromatic heterocycles. The Morgan fingerprint density at radius 1 is 1.35 bits per heavy atom. The zero-order valence-corrected chi connectivity index (χ0v) is 12.4. The maximum Gasteiger partial charge on any atom is 0.263 e. The van der Waals surface area contributed by atoms with Gasteiger partial charge in [-0.15, -0.1) is 0 Å². The van der Waals surface area contributed by atoms with Crippen molar-refractivity contribution < 1.29 is 13.2 Å².